The summed E-state index contributed by atoms with van der Waals surface area (Å²) in [6.45, 7) is 4.21. The molecular weight excluding hydrogens is 384 g/mol. The minimum atomic E-state index is -0.0455. The lowest BCUT2D eigenvalue weighted by Crippen LogP contribution is -1.97. The summed E-state index contributed by atoms with van der Waals surface area (Å²) in [5.41, 5.74) is 1.90. The first-order chi connectivity index (χ1) is 9.51. The van der Waals surface area contributed by atoms with Crippen LogP contribution in [0.5, 0.6) is 11.5 Å². The highest BCUT2D eigenvalue weighted by atomic mass is 79.9. The molecule has 1 N–H and O–H groups in total. The maximum atomic E-state index is 9.41. The first-order valence-electron chi connectivity index (χ1n) is 6.38. The van der Waals surface area contributed by atoms with E-state index in [0.717, 1.165) is 25.8 Å². The van der Waals surface area contributed by atoms with Crippen LogP contribution in [0.15, 0.2) is 45.3 Å². The van der Waals surface area contributed by atoms with E-state index in [1.165, 1.54) is 0 Å². The van der Waals surface area contributed by atoms with Gasteiger partial charge >= 0.3 is 0 Å². The Hall–Kier alpha value is -0.840. The van der Waals surface area contributed by atoms with E-state index in [0.29, 0.717) is 11.7 Å². The fourth-order valence-corrected chi connectivity index (χ4v) is 2.65. The van der Waals surface area contributed by atoms with Crippen molar-refractivity contribution in [3.63, 3.8) is 0 Å². The number of halogens is 2. The van der Waals surface area contributed by atoms with E-state index in [9.17, 15) is 5.11 Å². The van der Waals surface area contributed by atoms with Gasteiger partial charge in [0.05, 0.1) is 6.61 Å². The summed E-state index contributed by atoms with van der Waals surface area (Å²) in [4.78, 5) is 0. The number of rotatable bonds is 4. The molecular formula is C16H16Br2O2. The van der Waals surface area contributed by atoms with Crippen LogP contribution in [0.1, 0.15) is 30.9 Å². The number of benzene rings is 2. The molecule has 0 radical (unpaired) electrons. The van der Waals surface area contributed by atoms with Crippen molar-refractivity contribution in [1.29, 1.82) is 0 Å². The quantitative estimate of drug-likeness (QED) is 0.722. The summed E-state index contributed by atoms with van der Waals surface area (Å²) in [5, 5.41) is 9.41. The second kappa shape index (κ2) is 6.74. The average molecular weight is 400 g/mol. The Kier molecular flexibility index (Phi) is 5.24. The molecule has 0 aliphatic heterocycles. The molecule has 106 valence electrons. The molecule has 0 aromatic heterocycles. The van der Waals surface area contributed by atoms with Gasteiger partial charge in [-0.3, -0.25) is 0 Å². The molecule has 20 heavy (non-hydrogen) atoms. The smallest absolute Gasteiger partial charge is 0.134 e. The largest absolute Gasteiger partial charge is 0.457 e. The van der Waals surface area contributed by atoms with E-state index in [1.807, 2.05) is 30.3 Å². The van der Waals surface area contributed by atoms with Gasteiger partial charge in [-0.15, -0.1) is 0 Å². The summed E-state index contributed by atoms with van der Waals surface area (Å²) >= 11 is 6.92. The van der Waals surface area contributed by atoms with Crippen molar-refractivity contribution >= 4 is 31.9 Å². The van der Waals surface area contributed by atoms with Crippen LogP contribution in [0.25, 0.3) is 0 Å². The van der Waals surface area contributed by atoms with Gasteiger partial charge in [0.15, 0.2) is 0 Å². The van der Waals surface area contributed by atoms with Crippen LogP contribution in [0.3, 0.4) is 0 Å². The average Bonchev–Trinajstić information content (AvgIpc) is 2.41. The lowest BCUT2D eigenvalue weighted by molar-refractivity contribution is 0.276. The number of aliphatic hydroxyl groups excluding tert-OH is 1. The van der Waals surface area contributed by atoms with Gasteiger partial charge in [-0.2, -0.15) is 0 Å². The molecule has 0 atom stereocenters. The van der Waals surface area contributed by atoms with E-state index < -0.39 is 0 Å². The lowest BCUT2D eigenvalue weighted by atomic mass is 10.0. The normalized spacial score (nSPS) is 10.9. The predicted molar refractivity (Wildman–Crippen MR) is 88.4 cm³/mol. The molecule has 2 nitrogen and oxygen atoms in total. The van der Waals surface area contributed by atoms with Gasteiger partial charge in [-0.25, -0.2) is 0 Å². The molecule has 0 aliphatic rings. The van der Waals surface area contributed by atoms with Crippen LogP contribution in [0.2, 0.25) is 0 Å². The van der Waals surface area contributed by atoms with E-state index >= 15 is 0 Å². The first kappa shape index (κ1) is 15.5. The van der Waals surface area contributed by atoms with Crippen LogP contribution in [-0.4, -0.2) is 5.11 Å². The van der Waals surface area contributed by atoms with Crippen molar-refractivity contribution in [1.82, 2.24) is 0 Å². The van der Waals surface area contributed by atoms with Crippen molar-refractivity contribution in [2.24, 2.45) is 0 Å². The fourth-order valence-electron chi connectivity index (χ4n) is 1.94. The third-order valence-corrected chi connectivity index (χ3v) is 4.00. The van der Waals surface area contributed by atoms with Crippen LogP contribution in [0.4, 0.5) is 0 Å². The van der Waals surface area contributed by atoms with Crippen molar-refractivity contribution in [3.8, 4) is 11.5 Å². The number of hydrogen-bond donors (Lipinski definition) is 1. The third kappa shape index (κ3) is 3.62. The zero-order valence-corrected chi connectivity index (χ0v) is 14.5. The molecule has 0 saturated carbocycles. The van der Waals surface area contributed by atoms with Crippen molar-refractivity contribution < 1.29 is 9.84 Å². The summed E-state index contributed by atoms with van der Waals surface area (Å²) in [6, 6.07) is 11.6. The van der Waals surface area contributed by atoms with E-state index in [-0.39, 0.29) is 6.61 Å². The summed E-state index contributed by atoms with van der Waals surface area (Å²) < 4.78 is 7.97. The molecule has 0 unspecified atom stereocenters. The van der Waals surface area contributed by atoms with E-state index in [4.69, 9.17) is 4.74 Å². The van der Waals surface area contributed by atoms with Crippen molar-refractivity contribution in [3.05, 3.63) is 56.5 Å². The molecule has 0 spiro atoms. The maximum Gasteiger partial charge on any atom is 0.134 e. The van der Waals surface area contributed by atoms with Gasteiger partial charge in [0.25, 0.3) is 0 Å². The lowest BCUT2D eigenvalue weighted by Gasteiger charge is -2.16. The molecule has 0 saturated heterocycles. The Morgan fingerprint density at radius 1 is 1.00 bits per heavy atom. The van der Waals surface area contributed by atoms with Crippen molar-refractivity contribution in [2.45, 2.75) is 26.4 Å². The Labute approximate surface area is 136 Å². The van der Waals surface area contributed by atoms with Gasteiger partial charge in [0, 0.05) is 14.5 Å². The maximum absolute atomic E-state index is 9.41. The molecule has 0 bridgehead atoms. The fraction of sp³-hybridized carbons (Fsp3) is 0.250. The number of ether oxygens (including phenoxy) is 1. The molecule has 4 heteroatoms. The van der Waals surface area contributed by atoms with Crippen LogP contribution in [-0.2, 0) is 6.61 Å². The highest BCUT2D eigenvalue weighted by Crippen LogP contribution is 2.35. The Balaban J connectivity index is 2.42. The Bertz CT molecular complexity index is 609. The van der Waals surface area contributed by atoms with Crippen LogP contribution >= 0.6 is 31.9 Å². The first-order valence-corrected chi connectivity index (χ1v) is 7.96. The van der Waals surface area contributed by atoms with E-state index in [2.05, 4.69) is 51.8 Å². The SMILES string of the molecule is CC(C)c1cc(Br)ccc1Oc1cc(Br)ccc1CO. The minimum absolute atomic E-state index is 0.0455. The second-order valence-corrected chi connectivity index (χ2v) is 6.68. The highest BCUT2D eigenvalue weighted by molar-refractivity contribution is 9.10. The molecule has 2 rings (SSSR count). The zero-order valence-electron chi connectivity index (χ0n) is 11.4. The number of aliphatic hydroxyl groups is 1. The summed E-state index contributed by atoms with van der Waals surface area (Å²) in [5.74, 6) is 1.84. The number of hydrogen-bond acceptors (Lipinski definition) is 2. The molecule has 2 aromatic carbocycles. The molecule has 0 aliphatic carbocycles. The van der Waals surface area contributed by atoms with Gasteiger partial charge in [0.2, 0.25) is 0 Å². The van der Waals surface area contributed by atoms with Crippen molar-refractivity contribution in [2.75, 3.05) is 0 Å². The molecule has 0 heterocycles. The molecule has 2 aromatic rings. The summed E-state index contributed by atoms with van der Waals surface area (Å²) in [7, 11) is 0. The minimum Gasteiger partial charge on any atom is -0.457 e. The van der Waals surface area contributed by atoms with Crippen LogP contribution < -0.4 is 4.74 Å². The zero-order chi connectivity index (χ0) is 14.7. The molecule has 0 amide bonds. The van der Waals surface area contributed by atoms with Gasteiger partial charge in [-0.1, -0.05) is 51.8 Å². The Morgan fingerprint density at radius 2 is 1.65 bits per heavy atom. The van der Waals surface area contributed by atoms with Gasteiger partial charge < -0.3 is 9.84 Å². The Morgan fingerprint density at radius 3 is 2.30 bits per heavy atom. The standard InChI is InChI=1S/C16H16Br2O2/c1-10(2)14-7-12(17)5-6-15(14)20-16-8-13(18)4-3-11(16)9-19/h3-8,10,19H,9H2,1-2H3. The predicted octanol–water partition coefficient (Wildman–Crippen LogP) is 5.62. The van der Waals surface area contributed by atoms with Crippen LogP contribution in [0, 0.1) is 0 Å². The van der Waals surface area contributed by atoms with Gasteiger partial charge in [0.1, 0.15) is 11.5 Å². The highest BCUT2D eigenvalue weighted by Gasteiger charge is 2.12. The van der Waals surface area contributed by atoms with Gasteiger partial charge in [-0.05, 0) is 41.8 Å². The summed E-state index contributed by atoms with van der Waals surface area (Å²) in [6.07, 6.45) is 0. The second-order valence-electron chi connectivity index (χ2n) is 4.85. The third-order valence-electron chi connectivity index (χ3n) is 3.01. The monoisotopic (exact) mass is 398 g/mol. The van der Waals surface area contributed by atoms with E-state index in [1.54, 1.807) is 0 Å². The topological polar surface area (TPSA) is 29.5 Å². The molecule has 0 fully saturated rings.